The van der Waals surface area contributed by atoms with Crippen molar-refractivity contribution < 1.29 is 32.6 Å². The van der Waals surface area contributed by atoms with Gasteiger partial charge in [0.15, 0.2) is 11.6 Å². The largest absolute Gasteiger partial charge is 0.480 e. The van der Waals surface area contributed by atoms with Crippen LogP contribution in [0.4, 0.5) is 13.2 Å². The highest BCUT2D eigenvalue weighted by Gasteiger charge is 2.58. The highest BCUT2D eigenvalue weighted by atomic mass is 35.5. The minimum atomic E-state index is -1.37. The van der Waals surface area contributed by atoms with E-state index in [0.29, 0.717) is 69.4 Å². The van der Waals surface area contributed by atoms with Crippen LogP contribution in [0.15, 0.2) is 30.3 Å². The van der Waals surface area contributed by atoms with E-state index in [1.165, 1.54) is 25.1 Å². The Morgan fingerprint density at radius 1 is 1.00 bits per heavy atom. The van der Waals surface area contributed by atoms with Gasteiger partial charge in [-0.3, -0.25) is 19.4 Å². The molecular formula is C32H37ClF3N3O4. The summed E-state index contributed by atoms with van der Waals surface area (Å²) in [5, 5.41) is 10.6. The molecule has 232 valence electrons. The number of rotatable bonds is 6. The van der Waals surface area contributed by atoms with Gasteiger partial charge in [-0.2, -0.15) is 0 Å². The maximum atomic E-state index is 15.2. The maximum Gasteiger partial charge on any atom is 0.324 e. The Morgan fingerprint density at radius 3 is 2.49 bits per heavy atom. The van der Waals surface area contributed by atoms with Gasteiger partial charge in [0.25, 0.3) is 0 Å². The number of nitrogens with zero attached hydrogens (tertiary/aromatic N) is 3. The Bertz CT molecular complexity index is 1410. The number of fused-ring (bicyclic) bond motifs is 1. The third kappa shape index (κ3) is 5.56. The quantitative estimate of drug-likeness (QED) is 0.508. The molecule has 1 N–H and O–H groups in total. The first-order chi connectivity index (χ1) is 20.6. The zero-order valence-corrected chi connectivity index (χ0v) is 25.0. The summed E-state index contributed by atoms with van der Waals surface area (Å²) in [5.41, 5.74) is -0.685. The van der Waals surface area contributed by atoms with Crippen molar-refractivity contribution in [3.8, 4) is 0 Å². The van der Waals surface area contributed by atoms with Crippen molar-refractivity contribution >= 4 is 23.5 Å². The van der Waals surface area contributed by atoms with Gasteiger partial charge >= 0.3 is 5.97 Å². The van der Waals surface area contributed by atoms with Crippen LogP contribution < -0.4 is 0 Å². The monoisotopic (exact) mass is 619 g/mol. The standard InChI is InChI=1S/C32H37ClF3N3O4/c1-19-2-3-20(29(36)28(19)35)15-32(31(41)42)16-23-6-9-37(10-11-39(23)32)30(40)26-18-38(22-7-12-43-13-8-22)17-25(26)24-5-4-21(33)14-27(24)34/h2-5,14,22-23,25-26H,6-13,15-18H2,1H3,(H,41,42)/t23?,25-,26+,32+/m0/s1. The molecule has 11 heteroatoms. The van der Waals surface area contributed by atoms with Crippen LogP contribution in [-0.2, 0) is 20.7 Å². The zero-order chi connectivity index (χ0) is 30.5. The first-order valence-electron chi connectivity index (χ1n) is 15.1. The lowest BCUT2D eigenvalue weighted by molar-refractivity contribution is -0.169. The molecule has 2 aromatic carbocycles. The van der Waals surface area contributed by atoms with Gasteiger partial charge in [-0.25, -0.2) is 13.2 Å². The molecule has 4 heterocycles. The van der Waals surface area contributed by atoms with Crippen molar-refractivity contribution in [2.24, 2.45) is 5.92 Å². The van der Waals surface area contributed by atoms with Crippen LogP contribution >= 0.6 is 11.6 Å². The predicted molar refractivity (Wildman–Crippen MR) is 155 cm³/mol. The number of carbonyl (C=O) groups excluding carboxylic acids is 1. The average molecular weight is 620 g/mol. The molecule has 0 aliphatic carbocycles. The van der Waals surface area contributed by atoms with Gasteiger partial charge in [-0.1, -0.05) is 29.8 Å². The summed E-state index contributed by atoms with van der Waals surface area (Å²) in [6.45, 7) is 4.91. The Balaban J connectivity index is 1.21. The molecule has 6 rings (SSSR count). The number of benzene rings is 2. The molecule has 0 spiro atoms. The number of carbonyl (C=O) groups is 2. The van der Waals surface area contributed by atoms with E-state index in [2.05, 4.69) is 4.90 Å². The number of ether oxygens (including phenoxy) is 1. The van der Waals surface area contributed by atoms with Crippen LogP contribution in [0.1, 0.15) is 48.3 Å². The van der Waals surface area contributed by atoms with E-state index in [1.807, 2.05) is 4.90 Å². The molecule has 7 nitrogen and oxygen atoms in total. The third-order valence-electron chi connectivity index (χ3n) is 10.2. The Morgan fingerprint density at radius 2 is 1.77 bits per heavy atom. The molecule has 2 aromatic rings. The molecule has 4 fully saturated rings. The SMILES string of the molecule is Cc1ccc(C[C@]2(C(=O)O)CC3CCN(C(=O)[C@@H]4CN(C5CCOCC5)C[C@H]4c4ccc(Cl)cc4F)CCN32)c(F)c1F. The van der Waals surface area contributed by atoms with Crippen LogP contribution in [-0.4, -0.2) is 95.2 Å². The number of carboxylic acids is 1. The molecule has 4 saturated heterocycles. The van der Waals surface area contributed by atoms with Gasteiger partial charge in [-0.05, 0) is 61.4 Å². The van der Waals surface area contributed by atoms with E-state index in [0.717, 1.165) is 12.8 Å². The van der Waals surface area contributed by atoms with Crippen molar-refractivity contribution in [1.82, 2.24) is 14.7 Å². The molecule has 1 unspecified atom stereocenters. The van der Waals surface area contributed by atoms with E-state index in [9.17, 15) is 23.5 Å². The molecular weight excluding hydrogens is 583 g/mol. The van der Waals surface area contributed by atoms with Crippen molar-refractivity contribution in [2.45, 2.75) is 62.6 Å². The summed E-state index contributed by atoms with van der Waals surface area (Å²) in [5.74, 6) is -4.33. The van der Waals surface area contributed by atoms with Crippen LogP contribution in [0.5, 0.6) is 0 Å². The number of halogens is 4. The molecule has 1 amide bonds. The van der Waals surface area contributed by atoms with Crippen LogP contribution in [0.25, 0.3) is 0 Å². The minimum Gasteiger partial charge on any atom is -0.480 e. The summed E-state index contributed by atoms with van der Waals surface area (Å²) in [6, 6.07) is 7.73. The molecule has 43 heavy (non-hydrogen) atoms. The van der Waals surface area contributed by atoms with Gasteiger partial charge in [0, 0.05) is 75.4 Å². The molecule has 0 radical (unpaired) electrons. The normalized spacial score (nSPS) is 28.8. The molecule has 4 aliphatic rings. The van der Waals surface area contributed by atoms with Gasteiger partial charge < -0.3 is 14.7 Å². The fraction of sp³-hybridized carbons (Fsp3) is 0.562. The number of amides is 1. The lowest BCUT2D eigenvalue weighted by Gasteiger charge is -2.55. The van der Waals surface area contributed by atoms with Gasteiger partial charge in [-0.15, -0.1) is 0 Å². The van der Waals surface area contributed by atoms with Gasteiger partial charge in [0.05, 0.1) is 5.92 Å². The van der Waals surface area contributed by atoms with Crippen molar-refractivity contribution in [3.05, 3.63) is 69.5 Å². The van der Waals surface area contributed by atoms with Crippen LogP contribution in [0.2, 0.25) is 5.02 Å². The second-order valence-electron chi connectivity index (χ2n) is 12.5. The van der Waals surface area contributed by atoms with E-state index in [4.69, 9.17) is 16.3 Å². The Labute approximate surface area is 254 Å². The first-order valence-corrected chi connectivity index (χ1v) is 15.5. The second kappa shape index (κ2) is 12.0. The lowest BCUT2D eigenvalue weighted by atomic mass is 9.73. The summed E-state index contributed by atoms with van der Waals surface area (Å²) < 4.78 is 49.8. The van der Waals surface area contributed by atoms with Crippen molar-refractivity contribution in [3.63, 3.8) is 0 Å². The first kappa shape index (κ1) is 30.4. The summed E-state index contributed by atoms with van der Waals surface area (Å²) >= 11 is 6.04. The average Bonchev–Trinajstić information content (AvgIpc) is 3.34. The van der Waals surface area contributed by atoms with Gasteiger partial charge in [0.1, 0.15) is 11.4 Å². The second-order valence-corrected chi connectivity index (χ2v) is 13.0. The number of hydrogen-bond acceptors (Lipinski definition) is 5. The topological polar surface area (TPSA) is 73.3 Å². The minimum absolute atomic E-state index is 0.0353. The van der Waals surface area contributed by atoms with E-state index < -0.39 is 34.9 Å². The highest BCUT2D eigenvalue weighted by Crippen LogP contribution is 2.44. The van der Waals surface area contributed by atoms with Crippen molar-refractivity contribution in [1.29, 1.82) is 0 Å². The molecule has 0 saturated carbocycles. The number of carboxylic acid groups (broad SMARTS) is 1. The molecule has 4 aliphatic heterocycles. The van der Waals surface area contributed by atoms with Gasteiger partial charge in [0.2, 0.25) is 5.91 Å². The third-order valence-corrected chi connectivity index (χ3v) is 10.4. The molecule has 0 aromatic heterocycles. The van der Waals surface area contributed by atoms with Crippen molar-refractivity contribution in [2.75, 3.05) is 45.9 Å². The lowest BCUT2D eigenvalue weighted by Crippen LogP contribution is -2.71. The maximum absolute atomic E-state index is 15.2. The van der Waals surface area contributed by atoms with E-state index in [1.54, 1.807) is 17.0 Å². The van der Waals surface area contributed by atoms with E-state index >= 15 is 4.39 Å². The summed E-state index contributed by atoms with van der Waals surface area (Å²) in [6.07, 6.45) is 2.43. The Kier molecular flexibility index (Phi) is 8.49. The smallest absolute Gasteiger partial charge is 0.324 e. The fourth-order valence-electron chi connectivity index (χ4n) is 7.76. The molecule has 4 atom stereocenters. The van der Waals surface area contributed by atoms with Crippen LogP contribution in [0, 0.1) is 30.3 Å². The van der Waals surface area contributed by atoms with Crippen LogP contribution in [0.3, 0.4) is 0 Å². The number of aliphatic carboxylic acids is 1. The highest BCUT2D eigenvalue weighted by molar-refractivity contribution is 6.30. The summed E-state index contributed by atoms with van der Waals surface area (Å²) in [7, 11) is 0. The predicted octanol–water partition coefficient (Wildman–Crippen LogP) is 4.63. The number of likely N-dealkylation sites (tertiary alicyclic amines) is 1. The number of hydrogen-bond donors (Lipinski definition) is 1. The van der Waals surface area contributed by atoms with E-state index in [-0.39, 0.29) is 41.5 Å². The number of aryl methyl sites for hydroxylation is 1. The zero-order valence-electron chi connectivity index (χ0n) is 24.2. The Hall–Kier alpha value is -2.66. The molecule has 0 bridgehead atoms. The summed E-state index contributed by atoms with van der Waals surface area (Å²) in [4.78, 5) is 32.7. The fourth-order valence-corrected chi connectivity index (χ4v) is 7.91.